The normalized spacial score (nSPS) is 13.6. The first-order valence-corrected chi connectivity index (χ1v) is 17.4. The Hall–Kier alpha value is -6.04. The van der Waals surface area contributed by atoms with Crippen LogP contribution in [0.5, 0.6) is 5.75 Å². The number of hydrogen-bond acceptors (Lipinski definition) is 10. The topological polar surface area (TPSA) is 169 Å². The Morgan fingerprint density at radius 2 is 1.78 bits per heavy atom. The van der Waals surface area contributed by atoms with E-state index in [-0.39, 0.29) is 77.7 Å². The number of rotatable bonds is 8. The summed E-state index contributed by atoms with van der Waals surface area (Å²) in [5.74, 6) is -1.15. The van der Waals surface area contributed by atoms with Crippen molar-refractivity contribution in [2.24, 2.45) is 0 Å². The molecule has 2 amide bonds. The Kier molecular flexibility index (Phi) is 9.47. The van der Waals surface area contributed by atoms with E-state index in [0.29, 0.717) is 17.8 Å². The fourth-order valence-corrected chi connectivity index (χ4v) is 6.69. The number of hydrogen-bond donors (Lipinski definition) is 2. The molecule has 19 heteroatoms. The number of nitrogens with zero attached hydrogens (tertiary/aromatic N) is 10. The number of fused-ring (bicyclic) bond motifs is 2. The summed E-state index contributed by atoms with van der Waals surface area (Å²) in [5, 5.41) is 22.6. The van der Waals surface area contributed by atoms with Gasteiger partial charge in [-0.05, 0) is 56.7 Å². The van der Waals surface area contributed by atoms with Crippen LogP contribution in [-0.2, 0) is 30.5 Å². The van der Waals surface area contributed by atoms with Gasteiger partial charge in [-0.3, -0.25) is 19.1 Å². The van der Waals surface area contributed by atoms with Gasteiger partial charge in [-0.15, -0.1) is 5.10 Å². The summed E-state index contributed by atoms with van der Waals surface area (Å²) in [5.41, 5.74) is 0.713. The summed E-state index contributed by atoms with van der Waals surface area (Å²) in [7, 11) is 0. The highest BCUT2D eigenvalue weighted by Crippen LogP contribution is 2.34. The number of aryl methyl sites for hydroxylation is 2. The van der Waals surface area contributed by atoms with Gasteiger partial charge in [0, 0.05) is 49.9 Å². The van der Waals surface area contributed by atoms with Gasteiger partial charge in [-0.2, -0.15) is 27.8 Å². The van der Waals surface area contributed by atoms with Gasteiger partial charge in [0.1, 0.15) is 18.6 Å². The fourth-order valence-electron chi connectivity index (χ4n) is 6.46. The van der Waals surface area contributed by atoms with Crippen molar-refractivity contribution >= 4 is 51.5 Å². The molecular formula is C35H33ClF3N11O4. The van der Waals surface area contributed by atoms with Gasteiger partial charge >= 0.3 is 6.18 Å². The van der Waals surface area contributed by atoms with E-state index in [9.17, 15) is 32.7 Å². The molecule has 15 nitrogen and oxygen atoms in total. The Bertz CT molecular complexity index is 2500. The molecule has 0 spiro atoms. The summed E-state index contributed by atoms with van der Waals surface area (Å²) in [6, 6.07) is 8.08. The SMILES string of the molecule is CCc1c(N2CCN(C(=O)c3ncnc(C)c3O)CC2)c(=O)n2nc(-c3ccc4nn(CC)cc4c3)nc2n1CC(=O)Nc1ccc(C(F)(F)F)cc1Cl. The van der Waals surface area contributed by atoms with Crippen molar-refractivity contribution in [3.8, 4) is 17.1 Å². The lowest BCUT2D eigenvalue weighted by molar-refractivity contribution is -0.137. The Balaban J connectivity index is 1.27. The van der Waals surface area contributed by atoms with Crippen LogP contribution >= 0.6 is 11.6 Å². The molecule has 280 valence electrons. The number of anilines is 2. The van der Waals surface area contributed by atoms with Gasteiger partial charge in [0.25, 0.3) is 11.5 Å². The van der Waals surface area contributed by atoms with Gasteiger partial charge in [-0.1, -0.05) is 18.5 Å². The van der Waals surface area contributed by atoms with Crippen molar-refractivity contribution in [1.29, 1.82) is 0 Å². The standard InChI is InChI=1S/C35H33ClF3N11O4/c1-4-26-29(46-10-12-47(13-11-46)32(53)28-30(52)19(3)40-18-41-28)33(54)50-34(43-31(45-50)20-6-8-24-21(14-20)16-48(5-2)44-24)49(26)17-27(51)42-25-9-7-22(15-23(25)36)35(37,38)39/h6-9,14-16,18,52H,4-5,10-13,17H2,1-3H3,(H,42,51). The molecule has 7 rings (SSSR count). The van der Waals surface area contributed by atoms with Crippen LogP contribution in [0.15, 0.2) is 53.7 Å². The number of nitrogens with one attached hydrogen (secondary N) is 1. The highest BCUT2D eigenvalue weighted by atomic mass is 35.5. The van der Waals surface area contributed by atoms with Crippen molar-refractivity contribution in [3.05, 3.63) is 86.9 Å². The van der Waals surface area contributed by atoms with E-state index in [2.05, 4.69) is 25.5 Å². The van der Waals surface area contributed by atoms with Crippen molar-refractivity contribution in [2.75, 3.05) is 36.4 Å². The van der Waals surface area contributed by atoms with Crippen LogP contribution in [0.1, 0.15) is 41.3 Å². The van der Waals surface area contributed by atoms with E-state index in [1.807, 2.05) is 37.1 Å². The predicted molar refractivity (Wildman–Crippen MR) is 193 cm³/mol. The first-order chi connectivity index (χ1) is 25.8. The number of carbonyl (C=O) groups excluding carboxylic acids is 2. The number of carbonyl (C=O) groups is 2. The Labute approximate surface area is 309 Å². The minimum atomic E-state index is -4.62. The lowest BCUT2D eigenvalue weighted by atomic mass is 10.1. The highest BCUT2D eigenvalue weighted by Gasteiger charge is 2.32. The van der Waals surface area contributed by atoms with Crippen molar-refractivity contribution in [1.82, 2.24) is 43.8 Å². The number of aromatic nitrogens is 8. The second kappa shape index (κ2) is 14.1. The molecule has 0 unspecified atom stereocenters. The molecule has 2 N–H and O–H groups in total. The van der Waals surface area contributed by atoms with Crippen molar-refractivity contribution in [2.45, 2.75) is 46.5 Å². The molecule has 4 aromatic heterocycles. The molecule has 1 saturated heterocycles. The zero-order chi connectivity index (χ0) is 38.5. The molecule has 1 aliphatic rings. The van der Waals surface area contributed by atoms with Crippen molar-refractivity contribution in [3.63, 3.8) is 0 Å². The summed E-state index contributed by atoms with van der Waals surface area (Å²) in [4.78, 5) is 57.2. The Morgan fingerprint density at radius 1 is 1.02 bits per heavy atom. The number of halogens is 4. The van der Waals surface area contributed by atoms with Gasteiger partial charge in [-0.25, -0.2) is 9.97 Å². The quantitative estimate of drug-likeness (QED) is 0.224. The lowest BCUT2D eigenvalue weighted by Crippen LogP contribution is -2.51. The second-order valence-corrected chi connectivity index (χ2v) is 13.0. The molecule has 0 atom stereocenters. The molecule has 1 fully saturated rings. The summed E-state index contributed by atoms with van der Waals surface area (Å²) in [6.45, 7) is 6.42. The molecule has 0 aliphatic carbocycles. The fraction of sp³-hybridized carbons (Fsp3) is 0.314. The zero-order valence-corrected chi connectivity index (χ0v) is 30.0. The first-order valence-electron chi connectivity index (χ1n) is 17.0. The number of aromatic hydroxyl groups is 1. The number of alkyl halides is 3. The van der Waals surface area contributed by atoms with E-state index in [1.165, 1.54) is 11.2 Å². The third-order valence-electron chi connectivity index (χ3n) is 9.26. The minimum Gasteiger partial charge on any atom is -0.504 e. The average Bonchev–Trinajstić information content (AvgIpc) is 3.79. The van der Waals surface area contributed by atoms with Crippen LogP contribution < -0.4 is 15.8 Å². The van der Waals surface area contributed by atoms with Crippen LogP contribution in [0.25, 0.3) is 28.1 Å². The van der Waals surface area contributed by atoms with Gasteiger partial charge in [0.05, 0.1) is 33.2 Å². The van der Waals surface area contributed by atoms with Crippen LogP contribution in [0, 0.1) is 6.92 Å². The van der Waals surface area contributed by atoms with E-state index in [1.54, 1.807) is 22.2 Å². The molecular weight excluding hydrogens is 731 g/mol. The minimum absolute atomic E-state index is 0.0289. The monoisotopic (exact) mass is 763 g/mol. The van der Waals surface area contributed by atoms with E-state index in [0.717, 1.165) is 33.6 Å². The largest absolute Gasteiger partial charge is 0.504 e. The molecule has 0 bridgehead atoms. The predicted octanol–water partition coefficient (Wildman–Crippen LogP) is 4.57. The van der Waals surface area contributed by atoms with Gasteiger partial charge < -0.3 is 24.8 Å². The third-order valence-corrected chi connectivity index (χ3v) is 9.57. The van der Waals surface area contributed by atoms with E-state index >= 15 is 0 Å². The van der Waals surface area contributed by atoms with Crippen LogP contribution in [0.2, 0.25) is 5.02 Å². The highest BCUT2D eigenvalue weighted by molar-refractivity contribution is 6.33. The zero-order valence-electron chi connectivity index (χ0n) is 29.2. The Morgan fingerprint density at radius 3 is 2.46 bits per heavy atom. The molecule has 1 aliphatic heterocycles. The maximum atomic E-state index is 14.4. The van der Waals surface area contributed by atoms with Crippen LogP contribution in [0.3, 0.4) is 0 Å². The molecule has 6 aromatic rings. The maximum absolute atomic E-state index is 14.4. The number of piperazine rings is 1. The molecule has 5 heterocycles. The summed E-state index contributed by atoms with van der Waals surface area (Å²) >= 11 is 6.15. The number of benzene rings is 2. The lowest BCUT2D eigenvalue weighted by Gasteiger charge is -2.36. The maximum Gasteiger partial charge on any atom is 0.416 e. The molecule has 54 heavy (non-hydrogen) atoms. The van der Waals surface area contributed by atoms with E-state index in [4.69, 9.17) is 16.6 Å². The summed E-state index contributed by atoms with van der Waals surface area (Å²) < 4.78 is 44.3. The van der Waals surface area contributed by atoms with Gasteiger partial charge in [0.15, 0.2) is 17.3 Å². The van der Waals surface area contributed by atoms with Crippen LogP contribution in [-0.4, -0.2) is 86.9 Å². The second-order valence-electron chi connectivity index (χ2n) is 12.6. The first kappa shape index (κ1) is 36.3. The smallest absolute Gasteiger partial charge is 0.416 e. The van der Waals surface area contributed by atoms with Gasteiger partial charge in [0.2, 0.25) is 11.7 Å². The molecule has 2 aromatic carbocycles. The van der Waals surface area contributed by atoms with Crippen molar-refractivity contribution < 1.29 is 27.9 Å². The van der Waals surface area contributed by atoms with E-state index < -0.39 is 35.7 Å². The average molecular weight is 764 g/mol. The van der Waals surface area contributed by atoms with Crippen LogP contribution in [0.4, 0.5) is 24.5 Å². The third kappa shape index (κ3) is 6.68. The summed E-state index contributed by atoms with van der Waals surface area (Å²) in [6.07, 6.45) is -1.27. The molecule has 0 radical (unpaired) electrons. The number of amides is 2. The molecule has 0 saturated carbocycles.